The molecule has 2 aromatic carbocycles. The molecule has 21 heavy (non-hydrogen) atoms. The van der Waals surface area contributed by atoms with Gasteiger partial charge in [-0.2, -0.15) is 0 Å². The van der Waals surface area contributed by atoms with Crippen molar-refractivity contribution >= 4 is 17.4 Å². The second kappa shape index (κ2) is 6.90. The molecule has 4 nitrogen and oxygen atoms in total. The molecule has 0 aliphatic heterocycles. The SMILES string of the molecule is CCN(C(=O)Nc1ccc(CN)cc1)c1ccc(C)cc1. The van der Waals surface area contributed by atoms with Gasteiger partial charge in [0.2, 0.25) is 0 Å². The number of rotatable bonds is 4. The van der Waals surface area contributed by atoms with Crippen molar-refractivity contribution in [1.29, 1.82) is 0 Å². The van der Waals surface area contributed by atoms with E-state index in [9.17, 15) is 4.79 Å². The lowest BCUT2D eigenvalue weighted by Crippen LogP contribution is -2.34. The topological polar surface area (TPSA) is 58.4 Å². The molecule has 0 radical (unpaired) electrons. The van der Waals surface area contributed by atoms with Gasteiger partial charge in [0, 0.05) is 24.5 Å². The molecule has 0 aliphatic rings. The number of nitrogens with two attached hydrogens (primary N) is 1. The van der Waals surface area contributed by atoms with Crippen LogP contribution in [0.3, 0.4) is 0 Å². The van der Waals surface area contributed by atoms with E-state index < -0.39 is 0 Å². The van der Waals surface area contributed by atoms with E-state index in [4.69, 9.17) is 5.73 Å². The summed E-state index contributed by atoms with van der Waals surface area (Å²) in [6.45, 7) is 5.09. The van der Waals surface area contributed by atoms with Gasteiger partial charge in [-0.25, -0.2) is 4.79 Å². The molecular formula is C17H21N3O. The van der Waals surface area contributed by atoms with Crippen molar-refractivity contribution in [3.05, 3.63) is 59.7 Å². The second-order valence-electron chi connectivity index (χ2n) is 4.91. The summed E-state index contributed by atoms with van der Waals surface area (Å²) in [6.07, 6.45) is 0. The average molecular weight is 283 g/mol. The first-order chi connectivity index (χ1) is 10.1. The minimum Gasteiger partial charge on any atom is -0.326 e. The molecule has 0 unspecified atom stereocenters. The molecule has 110 valence electrons. The van der Waals surface area contributed by atoms with Crippen molar-refractivity contribution in [2.45, 2.75) is 20.4 Å². The summed E-state index contributed by atoms with van der Waals surface area (Å²) in [6, 6.07) is 15.3. The number of benzene rings is 2. The van der Waals surface area contributed by atoms with E-state index in [1.54, 1.807) is 4.90 Å². The highest BCUT2D eigenvalue weighted by Crippen LogP contribution is 2.17. The van der Waals surface area contributed by atoms with Crippen molar-refractivity contribution in [2.75, 3.05) is 16.8 Å². The fraction of sp³-hybridized carbons (Fsp3) is 0.235. The molecule has 3 N–H and O–H groups in total. The summed E-state index contributed by atoms with van der Waals surface area (Å²) in [7, 11) is 0. The highest BCUT2D eigenvalue weighted by Gasteiger charge is 2.13. The Balaban J connectivity index is 2.10. The molecule has 4 heteroatoms. The van der Waals surface area contributed by atoms with Crippen molar-refractivity contribution in [3.63, 3.8) is 0 Å². The lowest BCUT2D eigenvalue weighted by atomic mass is 10.2. The number of nitrogens with zero attached hydrogens (tertiary/aromatic N) is 1. The molecule has 0 fully saturated rings. The molecule has 0 heterocycles. The third-order valence-corrected chi connectivity index (χ3v) is 3.35. The molecular weight excluding hydrogens is 262 g/mol. The third kappa shape index (κ3) is 3.83. The van der Waals surface area contributed by atoms with Gasteiger partial charge in [-0.05, 0) is 43.7 Å². The Morgan fingerprint density at radius 3 is 2.24 bits per heavy atom. The Hall–Kier alpha value is -2.33. The van der Waals surface area contributed by atoms with Crippen LogP contribution >= 0.6 is 0 Å². The van der Waals surface area contributed by atoms with E-state index >= 15 is 0 Å². The molecule has 2 aromatic rings. The lowest BCUT2D eigenvalue weighted by molar-refractivity contribution is 0.257. The molecule has 0 bridgehead atoms. The quantitative estimate of drug-likeness (QED) is 0.902. The minimum atomic E-state index is -0.137. The number of amides is 2. The smallest absolute Gasteiger partial charge is 0.326 e. The van der Waals surface area contributed by atoms with Gasteiger partial charge in [-0.3, -0.25) is 4.90 Å². The van der Waals surface area contributed by atoms with Crippen LogP contribution in [-0.4, -0.2) is 12.6 Å². The monoisotopic (exact) mass is 283 g/mol. The predicted octanol–water partition coefficient (Wildman–Crippen LogP) is 3.51. The molecule has 0 spiro atoms. The van der Waals surface area contributed by atoms with Gasteiger partial charge < -0.3 is 11.1 Å². The van der Waals surface area contributed by atoms with Gasteiger partial charge in [0.05, 0.1) is 0 Å². The number of urea groups is 1. The maximum Gasteiger partial charge on any atom is 0.326 e. The number of carbonyl (C=O) groups is 1. The van der Waals surface area contributed by atoms with Gasteiger partial charge in [-0.1, -0.05) is 29.8 Å². The lowest BCUT2D eigenvalue weighted by Gasteiger charge is -2.21. The Morgan fingerprint density at radius 1 is 1.10 bits per heavy atom. The van der Waals surface area contributed by atoms with Crippen LogP contribution in [0.1, 0.15) is 18.1 Å². The summed E-state index contributed by atoms with van der Waals surface area (Å²) < 4.78 is 0. The van der Waals surface area contributed by atoms with Crippen molar-refractivity contribution in [3.8, 4) is 0 Å². The summed E-state index contributed by atoms with van der Waals surface area (Å²) in [4.78, 5) is 14.1. The fourth-order valence-corrected chi connectivity index (χ4v) is 2.08. The number of nitrogens with one attached hydrogen (secondary N) is 1. The third-order valence-electron chi connectivity index (χ3n) is 3.35. The van der Waals surface area contributed by atoms with Crippen LogP contribution < -0.4 is 16.0 Å². The summed E-state index contributed by atoms with van der Waals surface area (Å²) in [5, 5.41) is 2.90. The van der Waals surface area contributed by atoms with E-state index in [0.29, 0.717) is 13.1 Å². The molecule has 0 aromatic heterocycles. The van der Waals surface area contributed by atoms with Gasteiger partial charge in [0.15, 0.2) is 0 Å². The van der Waals surface area contributed by atoms with Crippen LogP contribution in [-0.2, 0) is 6.54 Å². The standard InChI is InChI=1S/C17H21N3O/c1-3-20(16-10-4-13(2)5-11-16)17(21)19-15-8-6-14(12-18)7-9-15/h4-11H,3,12,18H2,1-2H3,(H,19,21). The van der Waals surface area contributed by atoms with Crippen molar-refractivity contribution in [1.82, 2.24) is 0 Å². The van der Waals surface area contributed by atoms with E-state index in [0.717, 1.165) is 16.9 Å². The van der Waals surface area contributed by atoms with Crippen LogP contribution in [0, 0.1) is 6.92 Å². The number of hydrogen-bond acceptors (Lipinski definition) is 2. The maximum absolute atomic E-state index is 12.4. The van der Waals surface area contributed by atoms with Crippen molar-refractivity contribution < 1.29 is 4.79 Å². The number of carbonyl (C=O) groups excluding carboxylic acids is 1. The molecule has 2 amide bonds. The largest absolute Gasteiger partial charge is 0.326 e. The maximum atomic E-state index is 12.4. The van der Waals surface area contributed by atoms with Crippen LogP contribution in [0.4, 0.5) is 16.2 Å². The zero-order valence-electron chi connectivity index (χ0n) is 12.5. The van der Waals surface area contributed by atoms with Crippen molar-refractivity contribution in [2.24, 2.45) is 5.73 Å². The number of hydrogen-bond donors (Lipinski definition) is 2. The summed E-state index contributed by atoms with van der Waals surface area (Å²) in [5.41, 5.74) is 9.43. The highest BCUT2D eigenvalue weighted by molar-refractivity contribution is 6.01. The van der Waals surface area contributed by atoms with E-state index in [-0.39, 0.29) is 6.03 Å². The molecule has 2 rings (SSSR count). The summed E-state index contributed by atoms with van der Waals surface area (Å²) >= 11 is 0. The molecule has 0 saturated carbocycles. The van der Waals surface area contributed by atoms with Crippen LogP contribution in [0.2, 0.25) is 0 Å². The van der Waals surface area contributed by atoms with Gasteiger partial charge in [-0.15, -0.1) is 0 Å². The van der Waals surface area contributed by atoms with Gasteiger partial charge >= 0.3 is 6.03 Å². The minimum absolute atomic E-state index is 0.137. The zero-order valence-corrected chi connectivity index (χ0v) is 12.5. The Kier molecular flexibility index (Phi) is 4.95. The van der Waals surface area contributed by atoms with Gasteiger partial charge in [0.25, 0.3) is 0 Å². The first-order valence-electron chi connectivity index (χ1n) is 7.08. The predicted molar refractivity (Wildman–Crippen MR) is 87.6 cm³/mol. The Labute approximate surface area is 125 Å². The number of anilines is 2. The van der Waals surface area contributed by atoms with E-state index in [1.165, 1.54) is 5.56 Å². The summed E-state index contributed by atoms with van der Waals surface area (Å²) in [5.74, 6) is 0. The Bertz CT molecular complexity index is 590. The fourth-order valence-electron chi connectivity index (χ4n) is 2.08. The van der Waals surface area contributed by atoms with Gasteiger partial charge in [0.1, 0.15) is 0 Å². The van der Waals surface area contributed by atoms with E-state index in [2.05, 4.69) is 5.32 Å². The first-order valence-corrected chi connectivity index (χ1v) is 7.08. The normalized spacial score (nSPS) is 10.2. The average Bonchev–Trinajstić information content (AvgIpc) is 2.50. The van der Waals surface area contributed by atoms with Crippen LogP contribution in [0.25, 0.3) is 0 Å². The highest BCUT2D eigenvalue weighted by atomic mass is 16.2. The molecule has 0 atom stereocenters. The number of aryl methyl sites for hydroxylation is 1. The molecule has 0 saturated heterocycles. The van der Waals surface area contributed by atoms with Crippen LogP contribution in [0.15, 0.2) is 48.5 Å². The Morgan fingerprint density at radius 2 is 1.71 bits per heavy atom. The molecule has 0 aliphatic carbocycles. The second-order valence-corrected chi connectivity index (χ2v) is 4.91. The first kappa shape index (κ1) is 15.1. The zero-order chi connectivity index (χ0) is 15.2. The van der Waals surface area contributed by atoms with E-state index in [1.807, 2.05) is 62.4 Å². The van der Waals surface area contributed by atoms with Crippen LogP contribution in [0.5, 0.6) is 0 Å².